The maximum atomic E-state index is 13.2. The first-order valence-corrected chi connectivity index (χ1v) is 9.54. The maximum Gasteiger partial charge on any atom is 0.260 e. The summed E-state index contributed by atoms with van der Waals surface area (Å²) in [6, 6.07) is 6.73. The maximum absolute atomic E-state index is 13.2. The molecule has 8 heteroatoms. The number of aromatic nitrogens is 2. The van der Waals surface area contributed by atoms with Gasteiger partial charge in [-0.15, -0.1) is 0 Å². The SMILES string of the molecule is O=C(c1ccc[nH]c1=O)N1CCO[C@@H](CN2CCOCC2)[C@@H]1c1cccnc1. The van der Waals surface area contributed by atoms with Gasteiger partial charge in [-0.05, 0) is 23.8 Å². The van der Waals surface area contributed by atoms with Crippen molar-refractivity contribution < 1.29 is 14.3 Å². The molecule has 4 rings (SSSR count). The molecule has 0 radical (unpaired) electrons. The summed E-state index contributed by atoms with van der Waals surface area (Å²) in [6.07, 6.45) is 4.79. The molecule has 2 aliphatic heterocycles. The van der Waals surface area contributed by atoms with Crippen molar-refractivity contribution in [3.05, 3.63) is 64.3 Å². The number of aromatic amines is 1. The van der Waals surface area contributed by atoms with E-state index in [1.165, 1.54) is 6.20 Å². The smallest absolute Gasteiger partial charge is 0.260 e. The summed E-state index contributed by atoms with van der Waals surface area (Å²) >= 11 is 0. The van der Waals surface area contributed by atoms with Crippen LogP contribution in [-0.4, -0.2) is 77.8 Å². The lowest BCUT2D eigenvalue weighted by atomic mass is 9.98. The highest BCUT2D eigenvalue weighted by Crippen LogP contribution is 2.31. The molecule has 2 atom stereocenters. The fourth-order valence-electron chi connectivity index (χ4n) is 3.84. The van der Waals surface area contributed by atoms with Crippen LogP contribution in [-0.2, 0) is 9.47 Å². The van der Waals surface area contributed by atoms with Crippen LogP contribution in [0.4, 0.5) is 0 Å². The highest BCUT2D eigenvalue weighted by Gasteiger charge is 2.38. The summed E-state index contributed by atoms with van der Waals surface area (Å²) in [7, 11) is 0. The minimum absolute atomic E-state index is 0.142. The molecule has 148 valence electrons. The zero-order valence-corrected chi connectivity index (χ0v) is 15.6. The van der Waals surface area contributed by atoms with Gasteiger partial charge in [0.2, 0.25) is 0 Å². The largest absolute Gasteiger partial charge is 0.379 e. The highest BCUT2D eigenvalue weighted by molar-refractivity contribution is 5.94. The number of rotatable bonds is 4. The second-order valence-corrected chi connectivity index (χ2v) is 6.96. The summed E-state index contributed by atoms with van der Waals surface area (Å²) < 4.78 is 11.5. The van der Waals surface area contributed by atoms with Gasteiger partial charge in [0.15, 0.2) is 0 Å². The van der Waals surface area contributed by atoms with Gasteiger partial charge in [-0.2, -0.15) is 0 Å². The van der Waals surface area contributed by atoms with Crippen molar-refractivity contribution in [2.75, 3.05) is 46.0 Å². The Balaban J connectivity index is 1.64. The second-order valence-electron chi connectivity index (χ2n) is 6.96. The fraction of sp³-hybridized carbons (Fsp3) is 0.450. The minimum atomic E-state index is -0.381. The Morgan fingerprint density at radius 3 is 2.79 bits per heavy atom. The van der Waals surface area contributed by atoms with Crippen LogP contribution in [0, 0.1) is 0 Å². The molecule has 0 unspecified atom stereocenters. The first-order valence-electron chi connectivity index (χ1n) is 9.54. The van der Waals surface area contributed by atoms with Gasteiger partial charge in [0, 0.05) is 44.8 Å². The quantitative estimate of drug-likeness (QED) is 0.834. The number of H-pyrrole nitrogens is 1. The van der Waals surface area contributed by atoms with Crippen LogP contribution in [0.2, 0.25) is 0 Å². The third kappa shape index (κ3) is 3.99. The Bertz CT molecular complexity index is 851. The van der Waals surface area contributed by atoms with E-state index in [0.29, 0.717) is 32.9 Å². The molecule has 2 saturated heterocycles. The van der Waals surface area contributed by atoms with E-state index >= 15 is 0 Å². The lowest BCUT2D eigenvalue weighted by Gasteiger charge is -2.43. The van der Waals surface area contributed by atoms with E-state index in [4.69, 9.17) is 9.47 Å². The van der Waals surface area contributed by atoms with Crippen LogP contribution in [0.25, 0.3) is 0 Å². The first kappa shape index (κ1) is 18.8. The molecule has 2 aromatic rings. The third-order valence-electron chi connectivity index (χ3n) is 5.23. The molecule has 28 heavy (non-hydrogen) atoms. The van der Waals surface area contributed by atoms with Crippen LogP contribution in [0.5, 0.6) is 0 Å². The Labute approximate surface area is 163 Å². The number of hydrogen-bond donors (Lipinski definition) is 1. The van der Waals surface area contributed by atoms with Crippen molar-refractivity contribution in [2.45, 2.75) is 12.1 Å². The normalized spacial score (nSPS) is 23.5. The van der Waals surface area contributed by atoms with Crippen molar-refractivity contribution in [1.82, 2.24) is 19.8 Å². The molecule has 0 bridgehead atoms. The van der Waals surface area contributed by atoms with E-state index < -0.39 is 0 Å². The zero-order chi connectivity index (χ0) is 19.3. The molecule has 2 aliphatic rings. The van der Waals surface area contributed by atoms with Crippen LogP contribution in [0.1, 0.15) is 22.0 Å². The predicted molar refractivity (Wildman–Crippen MR) is 102 cm³/mol. The van der Waals surface area contributed by atoms with E-state index in [2.05, 4.69) is 14.9 Å². The van der Waals surface area contributed by atoms with Gasteiger partial charge >= 0.3 is 0 Å². The Morgan fingerprint density at radius 2 is 2.04 bits per heavy atom. The van der Waals surface area contributed by atoms with Crippen molar-refractivity contribution >= 4 is 5.91 Å². The van der Waals surface area contributed by atoms with Crippen molar-refractivity contribution in [2.24, 2.45) is 0 Å². The molecular formula is C20H24N4O4. The second kappa shape index (κ2) is 8.64. The monoisotopic (exact) mass is 384 g/mol. The summed E-state index contributed by atoms with van der Waals surface area (Å²) in [5, 5.41) is 0. The number of carbonyl (C=O) groups excluding carboxylic acids is 1. The molecule has 2 fully saturated rings. The molecule has 0 aliphatic carbocycles. The third-order valence-corrected chi connectivity index (χ3v) is 5.23. The summed E-state index contributed by atoms with van der Waals surface area (Å²) in [5.41, 5.74) is 0.665. The van der Waals surface area contributed by atoms with Crippen LogP contribution < -0.4 is 5.56 Å². The number of morpholine rings is 2. The number of ether oxygens (including phenoxy) is 2. The van der Waals surface area contributed by atoms with Crippen LogP contribution in [0.15, 0.2) is 47.7 Å². The predicted octanol–water partition coefficient (Wildman–Crippen LogP) is 0.684. The molecular weight excluding hydrogens is 360 g/mol. The summed E-state index contributed by atoms with van der Waals surface area (Å²) in [5.74, 6) is -0.286. The zero-order valence-electron chi connectivity index (χ0n) is 15.6. The standard InChI is InChI=1S/C20H24N4O4/c25-19-16(4-2-6-22-19)20(26)24-9-12-28-17(14-23-7-10-27-11-8-23)18(24)15-3-1-5-21-13-15/h1-6,13,17-18H,7-12,14H2,(H,22,25)/t17-,18-/m0/s1. The van der Waals surface area contributed by atoms with Crippen molar-refractivity contribution in [3.8, 4) is 0 Å². The minimum Gasteiger partial charge on any atom is -0.379 e. The van der Waals surface area contributed by atoms with E-state index in [9.17, 15) is 9.59 Å². The van der Waals surface area contributed by atoms with E-state index in [-0.39, 0.29) is 29.2 Å². The van der Waals surface area contributed by atoms with Gasteiger partial charge in [-0.3, -0.25) is 19.5 Å². The molecule has 2 aromatic heterocycles. The van der Waals surface area contributed by atoms with Crippen LogP contribution in [0.3, 0.4) is 0 Å². The molecule has 1 amide bonds. The lowest BCUT2D eigenvalue weighted by Crippen LogP contribution is -2.53. The van der Waals surface area contributed by atoms with E-state index in [1.54, 1.807) is 29.4 Å². The molecule has 0 spiro atoms. The van der Waals surface area contributed by atoms with E-state index in [0.717, 1.165) is 18.7 Å². The number of hydrogen-bond acceptors (Lipinski definition) is 6. The lowest BCUT2D eigenvalue weighted by molar-refractivity contribution is -0.0820. The van der Waals surface area contributed by atoms with Crippen molar-refractivity contribution in [1.29, 1.82) is 0 Å². The molecule has 0 aromatic carbocycles. The van der Waals surface area contributed by atoms with Gasteiger partial charge in [0.05, 0.1) is 32.0 Å². The number of amides is 1. The van der Waals surface area contributed by atoms with Crippen LogP contribution >= 0.6 is 0 Å². The number of nitrogens with zero attached hydrogens (tertiary/aromatic N) is 3. The molecule has 8 nitrogen and oxygen atoms in total. The number of pyridine rings is 2. The summed E-state index contributed by atoms with van der Waals surface area (Å²) in [6.45, 7) is 4.63. The van der Waals surface area contributed by atoms with Gasteiger partial charge in [-0.25, -0.2) is 0 Å². The number of nitrogens with one attached hydrogen (secondary N) is 1. The molecule has 1 N–H and O–H groups in total. The Kier molecular flexibility index (Phi) is 5.80. The van der Waals surface area contributed by atoms with E-state index in [1.807, 2.05) is 12.1 Å². The Morgan fingerprint density at radius 1 is 1.18 bits per heavy atom. The van der Waals surface area contributed by atoms with Gasteiger partial charge < -0.3 is 19.4 Å². The van der Waals surface area contributed by atoms with Gasteiger partial charge in [0.25, 0.3) is 11.5 Å². The number of carbonyl (C=O) groups is 1. The molecule has 0 saturated carbocycles. The van der Waals surface area contributed by atoms with Gasteiger partial charge in [0.1, 0.15) is 5.56 Å². The average Bonchev–Trinajstić information content (AvgIpc) is 2.75. The molecule has 4 heterocycles. The Hall–Kier alpha value is -2.55. The first-order chi connectivity index (χ1) is 13.7. The van der Waals surface area contributed by atoms with Crippen molar-refractivity contribution in [3.63, 3.8) is 0 Å². The highest BCUT2D eigenvalue weighted by atomic mass is 16.5. The van der Waals surface area contributed by atoms with Gasteiger partial charge in [-0.1, -0.05) is 6.07 Å². The fourth-order valence-corrected chi connectivity index (χ4v) is 3.84. The summed E-state index contributed by atoms with van der Waals surface area (Å²) in [4.78, 5) is 36.3. The topological polar surface area (TPSA) is 87.8 Å². The average molecular weight is 384 g/mol.